The standard InChI is InChI=1S/C34H35N3O2/c38-34(39)31-8-4-5-28(33(31)29-16-15-27-17-18-35-32(27)23-29)14-13-25-9-11-26(12-10-25)24-36-19-21-37(22-20-36)30-6-2-1-3-7-30/h4-5,8-12,15-18,23,30,35H,1-3,6-7,19-22,24H2,(H,38,39). The number of benzene rings is 3. The molecule has 39 heavy (non-hydrogen) atoms. The number of carboxylic acids is 1. The van der Waals surface area contributed by atoms with E-state index in [0.717, 1.165) is 47.7 Å². The number of carboxylic acid groups (broad SMARTS) is 1. The Hall–Kier alpha value is -3.85. The second-order valence-electron chi connectivity index (χ2n) is 10.9. The van der Waals surface area contributed by atoms with Crippen LogP contribution in [0.25, 0.3) is 22.0 Å². The molecular weight excluding hydrogens is 482 g/mol. The van der Waals surface area contributed by atoms with Crippen LogP contribution in [-0.2, 0) is 6.54 Å². The number of aromatic carboxylic acids is 1. The molecule has 2 fully saturated rings. The number of aromatic amines is 1. The molecule has 2 heterocycles. The summed E-state index contributed by atoms with van der Waals surface area (Å²) in [6.07, 6.45) is 8.86. The van der Waals surface area contributed by atoms with Crippen LogP contribution < -0.4 is 0 Å². The normalized spacial score (nSPS) is 17.1. The summed E-state index contributed by atoms with van der Waals surface area (Å²) in [4.78, 5) is 20.6. The molecule has 1 saturated carbocycles. The molecule has 0 amide bonds. The number of H-pyrrole nitrogens is 1. The number of carbonyl (C=O) groups is 1. The fourth-order valence-corrected chi connectivity index (χ4v) is 6.17. The Morgan fingerprint density at radius 2 is 1.69 bits per heavy atom. The maximum absolute atomic E-state index is 12.1. The van der Waals surface area contributed by atoms with E-state index in [-0.39, 0.29) is 5.56 Å². The van der Waals surface area contributed by atoms with Crippen molar-refractivity contribution in [3.63, 3.8) is 0 Å². The molecule has 4 aromatic rings. The molecule has 2 aliphatic rings. The van der Waals surface area contributed by atoms with E-state index in [4.69, 9.17) is 0 Å². The summed E-state index contributed by atoms with van der Waals surface area (Å²) in [5, 5.41) is 11.0. The predicted molar refractivity (Wildman–Crippen MR) is 157 cm³/mol. The van der Waals surface area contributed by atoms with Gasteiger partial charge >= 0.3 is 5.97 Å². The monoisotopic (exact) mass is 517 g/mol. The van der Waals surface area contributed by atoms with Gasteiger partial charge in [-0.2, -0.15) is 0 Å². The molecule has 198 valence electrons. The predicted octanol–water partition coefficient (Wildman–Crippen LogP) is 6.38. The third-order valence-electron chi connectivity index (χ3n) is 8.34. The highest BCUT2D eigenvalue weighted by Crippen LogP contribution is 2.30. The molecule has 0 bridgehead atoms. The van der Waals surface area contributed by atoms with Gasteiger partial charge in [0.2, 0.25) is 0 Å². The fourth-order valence-electron chi connectivity index (χ4n) is 6.17. The number of piperazine rings is 1. The van der Waals surface area contributed by atoms with Crippen molar-refractivity contribution in [2.45, 2.75) is 44.7 Å². The van der Waals surface area contributed by atoms with Gasteiger partial charge in [0.1, 0.15) is 0 Å². The van der Waals surface area contributed by atoms with Crippen molar-refractivity contribution in [3.8, 4) is 23.0 Å². The topological polar surface area (TPSA) is 59.6 Å². The zero-order valence-electron chi connectivity index (χ0n) is 22.3. The van der Waals surface area contributed by atoms with Gasteiger partial charge < -0.3 is 10.1 Å². The molecule has 0 spiro atoms. The van der Waals surface area contributed by atoms with Gasteiger partial charge in [-0.3, -0.25) is 9.80 Å². The van der Waals surface area contributed by atoms with Crippen molar-refractivity contribution in [2.75, 3.05) is 26.2 Å². The highest BCUT2D eigenvalue weighted by atomic mass is 16.4. The molecule has 1 saturated heterocycles. The molecule has 2 N–H and O–H groups in total. The lowest BCUT2D eigenvalue weighted by molar-refractivity contribution is 0.0697. The number of nitrogens with zero attached hydrogens (tertiary/aromatic N) is 2. The molecule has 1 aliphatic heterocycles. The number of hydrogen-bond acceptors (Lipinski definition) is 3. The first kappa shape index (κ1) is 25.4. The van der Waals surface area contributed by atoms with E-state index in [9.17, 15) is 9.90 Å². The van der Waals surface area contributed by atoms with Crippen molar-refractivity contribution in [2.24, 2.45) is 0 Å². The van der Waals surface area contributed by atoms with E-state index in [1.54, 1.807) is 12.1 Å². The Kier molecular flexibility index (Phi) is 7.49. The third-order valence-corrected chi connectivity index (χ3v) is 8.34. The number of rotatable bonds is 5. The summed E-state index contributed by atoms with van der Waals surface area (Å²) in [7, 11) is 0. The summed E-state index contributed by atoms with van der Waals surface area (Å²) in [5.74, 6) is 5.58. The first-order valence-corrected chi connectivity index (χ1v) is 14.2. The lowest BCUT2D eigenvalue weighted by Crippen LogP contribution is -2.50. The summed E-state index contributed by atoms with van der Waals surface area (Å²) in [6, 6.07) is 22.6. The van der Waals surface area contributed by atoms with Crippen LogP contribution in [0.5, 0.6) is 0 Å². The van der Waals surface area contributed by atoms with Crippen molar-refractivity contribution < 1.29 is 9.90 Å². The Morgan fingerprint density at radius 1 is 0.897 bits per heavy atom. The van der Waals surface area contributed by atoms with Gasteiger partial charge in [0.25, 0.3) is 0 Å². The van der Waals surface area contributed by atoms with Gasteiger partial charge in [0, 0.05) is 67.2 Å². The number of fused-ring (bicyclic) bond motifs is 1. The summed E-state index contributed by atoms with van der Waals surface area (Å²) < 4.78 is 0. The first-order chi connectivity index (χ1) is 19.1. The van der Waals surface area contributed by atoms with Gasteiger partial charge in [0.15, 0.2) is 0 Å². The van der Waals surface area contributed by atoms with Gasteiger partial charge in [-0.25, -0.2) is 4.79 Å². The van der Waals surface area contributed by atoms with Crippen molar-refractivity contribution >= 4 is 16.9 Å². The summed E-state index contributed by atoms with van der Waals surface area (Å²) in [5.41, 5.74) is 5.65. The lowest BCUT2D eigenvalue weighted by atomic mass is 9.93. The van der Waals surface area contributed by atoms with Crippen LogP contribution in [0.3, 0.4) is 0 Å². The number of aromatic nitrogens is 1. The van der Waals surface area contributed by atoms with Crippen LogP contribution in [0.2, 0.25) is 0 Å². The zero-order chi connectivity index (χ0) is 26.6. The van der Waals surface area contributed by atoms with Crippen LogP contribution in [-0.4, -0.2) is 58.1 Å². The van der Waals surface area contributed by atoms with Crippen molar-refractivity contribution in [1.29, 1.82) is 0 Å². The van der Waals surface area contributed by atoms with E-state index in [1.807, 2.05) is 36.5 Å². The average molecular weight is 518 g/mol. The average Bonchev–Trinajstić information content (AvgIpc) is 3.45. The molecule has 1 aromatic heterocycles. The third kappa shape index (κ3) is 5.78. The molecule has 1 aliphatic carbocycles. The molecular formula is C34H35N3O2. The molecule has 3 aromatic carbocycles. The van der Waals surface area contributed by atoms with E-state index in [1.165, 1.54) is 50.8 Å². The SMILES string of the molecule is O=C(O)c1cccc(C#Cc2ccc(CN3CCN(C4CCCCC4)CC3)cc2)c1-c1ccc2cc[nH]c2c1. The fraction of sp³-hybridized carbons (Fsp3) is 0.324. The Labute approximate surface area is 230 Å². The Balaban J connectivity index is 1.16. The van der Waals surface area contributed by atoms with Crippen LogP contribution >= 0.6 is 0 Å². The van der Waals surface area contributed by atoms with Crippen molar-refractivity contribution in [1.82, 2.24) is 14.8 Å². The van der Waals surface area contributed by atoms with Gasteiger partial charge in [-0.1, -0.05) is 61.4 Å². The second-order valence-corrected chi connectivity index (χ2v) is 10.9. The molecule has 0 radical (unpaired) electrons. The minimum Gasteiger partial charge on any atom is -0.478 e. The van der Waals surface area contributed by atoms with E-state index in [2.05, 4.69) is 50.9 Å². The van der Waals surface area contributed by atoms with Crippen LogP contribution in [0.4, 0.5) is 0 Å². The molecule has 6 rings (SSSR count). The van der Waals surface area contributed by atoms with Crippen LogP contribution in [0, 0.1) is 11.8 Å². The van der Waals surface area contributed by atoms with E-state index in [0.29, 0.717) is 11.1 Å². The maximum Gasteiger partial charge on any atom is 0.336 e. The summed E-state index contributed by atoms with van der Waals surface area (Å²) in [6.45, 7) is 5.60. The minimum atomic E-state index is -0.954. The van der Waals surface area contributed by atoms with Gasteiger partial charge in [0.05, 0.1) is 5.56 Å². The smallest absolute Gasteiger partial charge is 0.336 e. The summed E-state index contributed by atoms with van der Waals surface area (Å²) >= 11 is 0. The second kappa shape index (κ2) is 11.5. The quantitative estimate of drug-likeness (QED) is 0.302. The molecule has 0 atom stereocenters. The van der Waals surface area contributed by atoms with Crippen LogP contribution in [0.1, 0.15) is 59.2 Å². The Bertz CT molecular complexity index is 1510. The number of hydrogen-bond donors (Lipinski definition) is 2. The van der Waals surface area contributed by atoms with Gasteiger partial charge in [-0.05, 0) is 65.8 Å². The maximum atomic E-state index is 12.1. The van der Waals surface area contributed by atoms with E-state index >= 15 is 0 Å². The zero-order valence-corrected chi connectivity index (χ0v) is 22.3. The Morgan fingerprint density at radius 3 is 2.46 bits per heavy atom. The lowest BCUT2D eigenvalue weighted by Gasteiger charge is -2.40. The van der Waals surface area contributed by atoms with Crippen molar-refractivity contribution in [3.05, 3.63) is 95.2 Å². The minimum absolute atomic E-state index is 0.256. The van der Waals surface area contributed by atoms with Gasteiger partial charge in [-0.15, -0.1) is 0 Å². The molecule has 0 unspecified atom stereocenters. The molecule has 5 heteroatoms. The number of nitrogens with one attached hydrogen (secondary N) is 1. The molecule has 5 nitrogen and oxygen atoms in total. The van der Waals surface area contributed by atoms with Crippen LogP contribution in [0.15, 0.2) is 72.9 Å². The van der Waals surface area contributed by atoms with E-state index < -0.39 is 5.97 Å². The first-order valence-electron chi connectivity index (χ1n) is 14.2. The highest BCUT2D eigenvalue weighted by molar-refractivity contribution is 5.99. The highest BCUT2D eigenvalue weighted by Gasteiger charge is 2.25. The largest absolute Gasteiger partial charge is 0.478 e.